The van der Waals surface area contributed by atoms with Crippen molar-refractivity contribution in [3.63, 3.8) is 0 Å². The van der Waals surface area contributed by atoms with Gasteiger partial charge in [0.1, 0.15) is 11.4 Å². The molecule has 0 radical (unpaired) electrons. The van der Waals surface area contributed by atoms with Crippen LogP contribution in [-0.2, 0) is 22.0 Å². The molecule has 0 saturated carbocycles. The maximum Gasteiger partial charge on any atom is 0.189 e. The molecule has 1 aromatic heterocycles. The Kier molecular flexibility index (Phi) is 6.60. The lowest BCUT2D eigenvalue weighted by Gasteiger charge is -2.33. The molecular weight excluding hydrogens is 520 g/mol. The summed E-state index contributed by atoms with van der Waals surface area (Å²) in [5.74, 6) is 0.489. The van der Waals surface area contributed by atoms with E-state index in [4.69, 9.17) is 16.6 Å². The third-order valence-corrected chi connectivity index (χ3v) is 9.66. The molecule has 2 N–H and O–H groups in total. The Morgan fingerprint density at radius 2 is 1.71 bits per heavy atom. The van der Waals surface area contributed by atoms with Gasteiger partial charge < -0.3 is 14.8 Å². The van der Waals surface area contributed by atoms with Crippen molar-refractivity contribution in [2.45, 2.75) is 36.7 Å². The third kappa shape index (κ3) is 4.60. The molecule has 196 valence electrons. The molecule has 5 rings (SSSR count). The minimum Gasteiger partial charge on any atom is -0.392 e. The van der Waals surface area contributed by atoms with Crippen LogP contribution in [0.15, 0.2) is 85.1 Å². The van der Waals surface area contributed by atoms with Gasteiger partial charge in [0, 0.05) is 24.4 Å². The van der Waals surface area contributed by atoms with Crippen LogP contribution in [-0.4, -0.2) is 38.6 Å². The van der Waals surface area contributed by atoms with E-state index in [0.29, 0.717) is 17.2 Å². The number of aliphatic hydroxyl groups excluding tert-OH is 1. The van der Waals surface area contributed by atoms with Crippen molar-refractivity contribution in [1.82, 2.24) is 9.55 Å². The van der Waals surface area contributed by atoms with Crippen LogP contribution in [0.3, 0.4) is 0 Å². The fraction of sp³-hybridized carbons (Fsp3) is 0.233. The number of hydrogen-bond donors (Lipinski definition) is 2. The lowest BCUT2D eigenvalue weighted by Crippen LogP contribution is -2.37. The molecule has 1 unspecified atom stereocenters. The standard InChI is InChI=1S/C30H29ClN2O4S/c1-29(2,35)26-18-33(28(32-26)25-10-6-8-22-7-4-5-9-24(22)25)27-16-15-23(17-30(27,31)38(3,36)37)21-13-11-20(19-34)12-14-21/h4-16,18,34-35H,17,19H2,1-3H3. The summed E-state index contributed by atoms with van der Waals surface area (Å²) in [5.41, 5.74) is 2.60. The number of nitrogens with zero attached hydrogens (tertiary/aromatic N) is 2. The van der Waals surface area contributed by atoms with Gasteiger partial charge >= 0.3 is 0 Å². The van der Waals surface area contributed by atoms with Crippen LogP contribution in [0.1, 0.15) is 37.1 Å². The van der Waals surface area contributed by atoms with Gasteiger partial charge in [-0.2, -0.15) is 0 Å². The number of alkyl halides is 1. The Labute approximate surface area is 227 Å². The van der Waals surface area contributed by atoms with Crippen LogP contribution >= 0.6 is 11.6 Å². The Bertz CT molecular complexity index is 1690. The molecule has 0 spiro atoms. The molecule has 4 aromatic rings. The van der Waals surface area contributed by atoms with Gasteiger partial charge in [0.25, 0.3) is 0 Å². The van der Waals surface area contributed by atoms with Gasteiger partial charge in [-0.05, 0) is 47.4 Å². The summed E-state index contributed by atoms with van der Waals surface area (Å²) in [5, 5.41) is 22.2. The van der Waals surface area contributed by atoms with E-state index in [1.807, 2.05) is 60.7 Å². The van der Waals surface area contributed by atoms with Gasteiger partial charge in [-0.3, -0.25) is 0 Å². The van der Waals surface area contributed by atoms with Gasteiger partial charge in [0.2, 0.25) is 0 Å². The van der Waals surface area contributed by atoms with Crippen molar-refractivity contribution in [2.75, 3.05) is 6.26 Å². The Hall–Kier alpha value is -3.23. The van der Waals surface area contributed by atoms with Crippen molar-refractivity contribution in [1.29, 1.82) is 0 Å². The summed E-state index contributed by atoms with van der Waals surface area (Å²) in [6.45, 7) is 3.20. The van der Waals surface area contributed by atoms with Gasteiger partial charge in [0.15, 0.2) is 14.0 Å². The quantitative estimate of drug-likeness (QED) is 0.300. The molecule has 0 aliphatic heterocycles. The first-order valence-corrected chi connectivity index (χ1v) is 14.5. The molecule has 1 aliphatic carbocycles. The molecule has 0 amide bonds. The smallest absolute Gasteiger partial charge is 0.189 e. The predicted molar refractivity (Wildman–Crippen MR) is 153 cm³/mol. The van der Waals surface area contributed by atoms with Crippen LogP contribution in [0.2, 0.25) is 0 Å². The molecule has 3 aromatic carbocycles. The zero-order chi connectivity index (χ0) is 27.3. The summed E-state index contributed by atoms with van der Waals surface area (Å²) in [6, 6.07) is 21.0. The van der Waals surface area contributed by atoms with Crippen LogP contribution in [0.25, 0.3) is 33.4 Å². The summed E-state index contributed by atoms with van der Waals surface area (Å²) in [7, 11) is -3.84. The molecule has 8 heteroatoms. The Balaban J connectivity index is 1.76. The minimum atomic E-state index is -3.84. The largest absolute Gasteiger partial charge is 0.392 e. The number of aromatic nitrogens is 2. The Morgan fingerprint density at radius 1 is 1.03 bits per heavy atom. The highest BCUT2D eigenvalue weighted by atomic mass is 35.5. The van der Waals surface area contributed by atoms with Crippen LogP contribution in [0.4, 0.5) is 0 Å². The zero-order valence-electron chi connectivity index (χ0n) is 21.4. The monoisotopic (exact) mass is 548 g/mol. The normalized spacial score (nSPS) is 18.4. The average Bonchev–Trinajstić information content (AvgIpc) is 3.33. The second-order valence-electron chi connectivity index (χ2n) is 10.2. The summed E-state index contributed by atoms with van der Waals surface area (Å²) >= 11 is 7.11. The fourth-order valence-corrected chi connectivity index (χ4v) is 6.03. The second kappa shape index (κ2) is 9.50. The van der Waals surface area contributed by atoms with Crippen molar-refractivity contribution in [3.8, 4) is 11.4 Å². The minimum absolute atomic E-state index is 0.0305. The topological polar surface area (TPSA) is 92.4 Å². The van der Waals surface area contributed by atoms with Gasteiger partial charge in [-0.25, -0.2) is 13.4 Å². The van der Waals surface area contributed by atoms with Crippen molar-refractivity contribution < 1.29 is 18.6 Å². The summed E-state index contributed by atoms with van der Waals surface area (Å²) < 4.78 is 26.5. The number of fused-ring (bicyclic) bond motifs is 1. The second-order valence-corrected chi connectivity index (χ2v) is 13.3. The molecule has 0 bridgehead atoms. The number of benzene rings is 3. The first kappa shape index (κ1) is 26.4. The molecule has 1 heterocycles. The van der Waals surface area contributed by atoms with E-state index in [2.05, 4.69) is 0 Å². The SMILES string of the molecule is CC(C)(O)c1cn(C2=CC=C(c3ccc(CO)cc3)CC2(Cl)S(C)(=O)=O)c(-c2cccc3ccccc23)n1. The molecule has 6 nitrogen and oxygen atoms in total. The molecule has 1 aliphatic rings. The van der Waals surface area contributed by atoms with Crippen LogP contribution < -0.4 is 0 Å². The maximum atomic E-state index is 13.3. The van der Waals surface area contributed by atoms with Crippen molar-refractivity contribution in [3.05, 3.63) is 102 Å². The zero-order valence-corrected chi connectivity index (χ0v) is 23.0. The first-order valence-electron chi connectivity index (χ1n) is 12.2. The van der Waals surface area contributed by atoms with Gasteiger partial charge in [0.05, 0.1) is 18.0 Å². The molecule has 1 atom stereocenters. The third-order valence-electron chi connectivity index (χ3n) is 6.96. The number of aliphatic hydroxyl groups is 2. The fourth-order valence-electron chi connectivity index (χ4n) is 4.77. The predicted octanol–water partition coefficient (Wildman–Crippen LogP) is 5.73. The summed E-state index contributed by atoms with van der Waals surface area (Å²) in [4.78, 5) is 4.80. The van der Waals surface area contributed by atoms with Gasteiger partial charge in [-0.1, -0.05) is 84.4 Å². The summed E-state index contributed by atoms with van der Waals surface area (Å²) in [6.07, 6.45) is 6.42. The first-order chi connectivity index (χ1) is 17.9. The van der Waals surface area contributed by atoms with E-state index >= 15 is 0 Å². The number of sulfone groups is 1. The highest BCUT2D eigenvalue weighted by molar-refractivity contribution is 7.94. The Morgan fingerprint density at radius 3 is 2.37 bits per heavy atom. The molecule has 0 fully saturated rings. The van der Waals surface area contributed by atoms with E-state index in [1.165, 1.54) is 0 Å². The number of rotatable bonds is 6. The number of allylic oxidation sites excluding steroid dienone is 3. The highest BCUT2D eigenvalue weighted by Crippen LogP contribution is 2.47. The van der Waals surface area contributed by atoms with E-state index in [1.54, 1.807) is 42.8 Å². The molecular formula is C30H29ClN2O4S. The average molecular weight is 549 g/mol. The number of hydrogen-bond acceptors (Lipinski definition) is 5. The lowest BCUT2D eigenvalue weighted by atomic mass is 9.94. The lowest BCUT2D eigenvalue weighted by molar-refractivity contribution is 0.0743. The highest BCUT2D eigenvalue weighted by Gasteiger charge is 2.46. The molecule has 38 heavy (non-hydrogen) atoms. The van der Waals surface area contributed by atoms with E-state index < -0.39 is 19.6 Å². The number of imidazole rings is 1. The van der Waals surface area contributed by atoms with Crippen molar-refractivity contribution >= 4 is 43.5 Å². The van der Waals surface area contributed by atoms with Crippen LogP contribution in [0.5, 0.6) is 0 Å². The molecule has 0 saturated heterocycles. The van der Waals surface area contributed by atoms with Crippen LogP contribution in [0, 0.1) is 0 Å². The van der Waals surface area contributed by atoms with E-state index in [0.717, 1.165) is 39.3 Å². The maximum absolute atomic E-state index is 13.3. The van der Waals surface area contributed by atoms with Crippen molar-refractivity contribution in [2.24, 2.45) is 0 Å². The number of halogens is 1. The van der Waals surface area contributed by atoms with Gasteiger partial charge in [-0.15, -0.1) is 0 Å². The van der Waals surface area contributed by atoms with E-state index in [-0.39, 0.29) is 13.0 Å². The van der Waals surface area contributed by atoms with E-state index in [9.17, 15) is 18.6 Å².